The van der Waals surface area contributed by atoms with Crippen LogP contribution in [0.4, 0.5) is 4.39 Å². The molecule has 0 radical (unpaired) electrons. The van der Waals surface area contributed by atoms with Crippen LogP contribution in [0.3, 0.4) is 0 Å². The molecule has 3 heteroatoms. The van der Waals surface area contributed by atoms with Gasteiger partial charge in [-0.15, -0.1) is 0 Å². The van der Waals surface area contributed by atoms with Crippen LogP contribution in [0.1, 0.15) is 25.0 Å². The average molecular weight is 224 g/mol. The van der Waals surface area contributed by atoms with Crippen LogP contribution >= 0.6 is 0 Å². The average Bonchev–Trinajstić information content (AvgIpc) is 2.23. The molecule has 0 fully saturated rings. The molecule has 0 amide bonds. The highest BCUT2D eigenvalue weighted by Crippen LogP contribution is 2.16. The molecule has 0 aromatic heterocycles. The second-order valence-corrected chi connectivity index (χ2v) is 4.96. The monoisotopic (exact) mass is 224 g/mol. The summed E-state index contributed by atoms with van der Waals surface area (Å²) in [7, 11) is 2.03. The van der Waals surface area contributed by atoms with Crippen molar-refractivity contribution in [1.29, 1.82) is 0 Å². The van der Waals surface area contributed by atoms with E-state index in [0.717, 1.165) is 12.1 Å². The number of aryl methyl sites for hydroxylation is 1. The van der Waals surface area contributed by atoms with Crippen LogP contribution in [0, 0.1) is 12.7 Å². The van der Waals surface area contributed by atoms with Gasteiger partial charge in [0.05, 0.1) is 0 Å². The Morgan fingerprint density at radius 1 is 1.38 bits per heavy atom. The van der Waals surface area contributed by atoms with E-state index < -0.39 is 0 Å². The Morgan fingerprint density at radius 2 is 2.00 bits per heavy atom. The lowest BCUT2D eigenvalue weighted by Gasteiger charge is -2.34. The molecule has 0 saturated heterocycles. The smallest absolute Gasteiger partial charge is 0.126 e. The number of hydrogen-bond donors (Lipinski definition) is 1. The fourth-order valence-electron chi connectivity index (χ4n) is 1.45. The summed E-state index contributed by atoms with van der Waals surface area (Å²) in [6, 6.07) is 5.23. The number of nitrogens with zero attached hydrogens (tertiary/aromatic N) is 1. The molecule has 0 spiro atoms. The summed E-state index contributed by atoms with van der Waals surface area (Å²) in [5.41, 5.74) is 7.48. The van der Waals surface area contributed by atoms with E-state index in [9.17, 15) is 4.39 Å². The van der Waals surface area contributed by atoms with E-state index in [4.69, 9.17) is 5.73 Å². The van der Waals surface area contributed by atoms with Crippen molar-refractivity contribution in [3.05, 3.63) is 35.1 Å². The van der Waals surface area contributed by atoms with E-state index in [2.05, 4.69) is 18.7 Å². The first-order chi connectivity index (χ1) is 7.36. The highest BCUT2D eigenvalue weighted by Gasteiger charge is 2.21. The number of halogens is 1. The summed E-state index contributed by atoms with van der Waals surface area (Å²) in [4.78, 5) is 2.18. The molecule has 90 valence electrons. The molecular formula is C13H21FN2. The first-order valence-electron chi connectivity index (χ1n) is 5.53. The normalized spacial score (nSPS) is 12.2. The lowest BCUT2D eigenvalue weighted by Crippen LogP contribution is -2.46. The molecule has 0 unspecified atom stereocenters. The van der Waals surface area contributed by atoms with Crippen LogP contribution in [0.5, 0.6) is 0 Å². The van der Waals surface area contributed by atoms with E-state index in [0.29, 0.717) is 12.1 Å². The van der Waals surface area contributed by atoms with Gasteiger partial charge >= 0.3 is 0 Å². The van der Waals surface area contributed by atoms with Crippen molar-refractivity contribution in [3.63, 3.8) is 0 Å². The molecule has 0 saturated carbocycles. The summed E-state index contributed by atoms with van der Waals surface area (Å²) >= 11 is 0. The third-order valence-electron chi connectivity index (χ3n) is 3.17. The number of rotatable bonds is 4. The maximum Gasteiger partial charge on any atom is 0.126 e. The number of likely N-dealkylation sites (N-methyl/N-ethyl adjacent to an activating group) is 1. The summed E-state index contributed by atoms with van der Waals surface area (Å²) in [5, 5.41) is 0. The lowest BCUT2D eigenvalue weighted by atomic mass is 10.0. The largest absolute Gasteiger partial charge is 0.329 e. The zero-order valence-corrected chi connectivity index (χ0v) is 10.5. The van der Waals surface area contributed by atoms with Crippen LogP contribution in [0.2, 0.25) is 0 Å². The van der Waals surface area contributed by atoms with Gasteiger partial charge in [0.15, 0.2) is 0 Å². The van der Waals surface area contributed by atoms with E-state index in [-0.39, 0.29) is 11.4 Å². The number of nitrogens with two attached hydrogens (primary N) is 1. The van der Waals surface area contributed by atoms with Crippen LogP contribution in [0.25, 0.3) is 0 Å². The fraction of sp³-hybridized carbons (Fsp3) is 0.538. The lowest BCUT2D eigenvalue weighted by molar-refractivity contribution is 0.155. The van der Waals surface area contributed by atoms with E-state index in [1.807, 2.05) is 19.2 Å². The van der Waals surface area contributed by atoms with Crippen molar-refractivity contribution >= 4 is 0 Å². The van der Waals surface area contributed by atoms with Crippen molar-refractivity contribution in [3.8, 4) is 0 Å². The van der Waals surface area contributed by atoms with E-state index in [1.165, 1.54) is 6.07 Å². The fourth-order valence-corrected chi connectivity index (χ4v) is 1.45. The first kappa shape index (κ1) is 13.1. The summed E-state index contributed by atoms with van der Waals surface area (Å²) < 4.78 is 13.1. The van der Waals surface area contributed by atoms with E-state index in [1.54, 1.807) is 6.92 Å². The van der Waals surface area contributed by atoms with Gasteiger partial charge in [-0.05, 0) is 45.0 Å². The van der Waals surface area contributed by atoms with Gasteiger partial charge in [0.1, 0.15) is 5.82 Å². The third kappa shape index (κ3) is 3.03. The predicted molar refractivity (Wildman–Crippen MR) is 65.7 cm³/mol. The SMILES string of the molecule is Cc1cc(CN(C)C(C)(C)CN)ccc1F. The number of benzene rings is 1. The molecule has 0 heterocycles. The minimum absolute atomic E-state index is 0.0394. The summed E-state index contributed by atoms with van der Waals surface area (Å²) in [5.74, 6) is -0.149. The molecule has 2 nitrogen and oxygen atoms in total. The Bertz CT molecular complexity index is 361. The summed E-state index contributed by atoms with van der Waals surface area (Å²) in [6.07, 6.45) is 0. The van der Waals surface area contributed by atoms with Crippen molar-refractivity contribution < 1.29 is 4.39 Å². The van der Waals surface area contributed by atoms with Gasteiger partial charge in [0.2, 0.25) is 0 Å². The van der Waals surface area contributed by atoms with Gasteiger partial charge in [-0.25, -0.2) is 4.39 Å². The van der Waals surface area contributed by atoms with Gasteiger partial charge in [-0.2, -0.15) is 0 Å². The minimum Gasteiger partial charge on any atom is -0.329 e. The highest BCUT2D eigenvalue weighted by atomic mass is 19.1. The molecule has 0 aliphatic heterocycles. The van der Waals surface area contributed by atoms with Gasteiger partial charge in [0.25, 0.3) is 0 Å². The molecule has 0 bridgehead atoms. The zero-order chi connectivity index (χ0) is 12.3. The van der Waals surface area contributed by atoms with Crippen LogP contribution in [0.15, 0.2) is 18.2 Å². The Labute approximate surface area is 97.3 Å². The molecule has 0 aliphatic rings. The maximum absolute atomic E-state index is 13.1. The van der Waals surface area contributed by atoms with E-state index >= 15 is 0 Å². The molecule has 2 N–H and O–H groups in total. The Hall–Kier alpha value is -0.930. The zero-order valence-electron chi connectivity index (χ0n) is 10.5. The molecule has 16 heavy (non-hydrogen) atoms. The molecule has 1 aromatic carbocycles. The van der Waals surface area contributed by atoms with Crippen molar-refractivity contribution in [2.45, 2.75) is 32.9 Å². The van der Waals surface area contributed by atoms with Crippen molar-refractivity contribution in [1.82, 2.24) is 4.90 Å². The standard InChI is InChI=1S/C13H21FN2/c1-10-7-11(5-6-12(10)14)8-16(4)13(2,3)9-15/h5-7H,8-9,15H2,1-4H3. The van der Waals surface area contributed by atoms with Crippen LogP contribution in [-0.2, 0) is 6.54 Å². The van der Waals surface area contributed by atoms with Gasteiger partial charge in [0, 0.05) is 18.6 Å². The van der Waals surface area contributed by atoms with Crippen molar-refractivity contribution in [2.24, 2.45) is 5.73 Å². The predicted octanol–water partition coefficient (Wildman–Crippen LogP) is 2.30. The summed E-state index contributed by atoms with van der Waals surface area (Å²) in [6.45, 7) is 7.37. The molecule has 1 rings (SSSR count). The molecule has 0 atom stereocenters. The quantitative estimate of drug-likeness (QED) is 0.850. The van der Waals surface area contributed by atoms with Crippen molar-refractivity contribution in [2.75, 3.05) is 13.6 Å². The van der Waals surface area contributed by atoms with Gasteiger partial charge < -0.3 is 5.73 Å². The Morgan fingerprint density at radius 3 is 2.50 bits per heavy atom. The molecular weight excluding hydrogens is 203 g/mol. The van der Waals surface area contributed by atoms with Crippen LogP contribution in [-0.4, -0.2) is 24.0 Å². The Kier molecular flexibility index (Phi) is 4.05. The van der Waals surface area contributed by atoms with Gasteiger partial charge in [-0.3, -0.25) is 4.90 Å². The Balaban J connectivity index is 2.77. The van der Waals surface area contributed by atoms with Crippen LogP contribution < -0.4 is 5.73 Å². The molecule has 1 aromatic rings. The first-order valence-corrected chi connectivity index (χ1v) is 5.53. The highest BCUT2D eigenvalue weighted by molar-refractivity contribution is 5.24. The molecule has 0 aliphatic carbocycles. The second kappa shape index (κ2) is 4.93. The minimum atomic E-state index is -0.149. The topological polar surface area (TPSA) is 29.3 Å². The van der Waals surface area contributed by atoms with Gasteiger partial charge in [-0.1, -0.05) is 12.1 Å². The second-order valence-electron chi connectivity index (χ2n) is 4.96. The third-order valence-corrected chi connectivity index (χ3v) is 3.17. The number of hydrogen-bond acceptors (Lipinski definition) is 2. The maximum atomic E-state index is 13.1.